The lowest BCUT2D eigenvalue weighted by Gasteiger charge is -2.38. The molecular formula is C32H44N4O7. The van der Waals surface area contributed by atoms with Crippen molar-refractivity contribution in [1.82, 2.24) is 15.5 Å². The highest BCUT2D eigenvalue weighted by Gasteiger charge is 2.38. The van der Waals surface area contributed by atoms with E-state index in [1.54, 1.807) is 32.9 Å². The minimum atomic E-state index is -1.06. The van der Waals surface area contributed by atoms with Crippen molar-refractivity contribution < 1.29 is 34.1 Å². The molecule has 1 aliphatic rings. The second kappa shape index (κ2) is 14.4. The molecule has 2 aromatic rings. The highest BCUT2D eigenvalue weighted by Crippen LogP contribution is 2.27. The van der Waals surface area contributed by atoms with Crippen molar-refractivity contribution in [3.05, 3.63) is 64.2 Å². The molecule has 6 N–H and O–H groups in total. The molecule has 11 nitrogen and oxygen atoms in total. The Labute approximate surface area is 252 Å². The molecule has 1 aliphatic heterocycles. The molecule has 0 aliphatic carbocycles. The summed E-state index contributed by atoms with van der Waals surface area (Å²) in [6.07, 6.45) is 1.03. The number of benzene rings is 2. The van der Waals surface area contributed by atoms with Gasteiger partial charge in [0.1, 0.15) is 29.5 Å². The second-order valence-corrected chi connectivity index (χ2v) is 12.1. The molecule has 0 fully saturated rings. The fraction of sp³-hybridized carbons (Fsp3) is 0.500. The number of phenols is 1. The Morgan fingerprint density at radius 2 is 1.70 bits per heavy atom. The van der Waals surface area contributed by atoms with E-state index in [1.165, 1.54) is 4.90 Å². The molecule has 43 heavy (non-hydrogen) atoms. The summed E-state index contributed by atoms with van der Waals surface area (Å²) in [7, 11) is 0. The van der Waals surface area contributed by atoms with Gasteiger partial charge in [-0.25, -0.2) is 4.79 Å². The van der Waals surface area contributed by atoms with Gasteiger partial charge in [-0.1, -0.05) is 24.3 Å². The van der Waals surface area contributed by atoms with Gasteiger partial charge in [0.2, 0.25) is 11.8 Å². The minimum Gasteiger partial charge on any atom is -0.508 e. The number of alkyl carbamates (subject to hydrolysis) is 1. The smallest absolute Gasteiger partial charge is 0.408 e. The number of aryl methyl sites for hydroxylation is 2. The van der Waals surface area contributed by atoms with Gasteiger partial charge in [0, 0.05) is 25.9 Å². The zero-order valence-corrected chi connectivity index (χ0v) is 25.6. The van der Waals surface area contributed by atoms with Crippen LogP contribution in [-0.4, -0.2) is 69.3 Å². The number of carboxylic acids is 1. The van der Waals surface area contributed by atoms with Crippen LogP contribution < -0.4 is 16.4 Å². The molecule has 2 aromatic carbocycles. The maximum atomic E-state index is 14.3. The van der Waals surface area contributed by atoms with Crippen LogP contribution in [0.5, 0.6) is 5.75 Å². The number of carbonyl (C=O) groups excluding carboxylic acids is 3. The number of hydrogen-bond donors (Lipinski definition) is 5. The summed E-state index contributed by atoms with van der Waals surface area (Å²) in [6.45, 7) is 9.33. The van der Waals surface area contributed by atoms with E-state index < -0.39 is 41.7 Å². The average Bonchev–Trinajstić information content (AvgIpc) is 2.91. The number of nitrogens with two attached hydrogens (primary N) is 1. The molecule has 0 spiro atoms. The molecule has 0 radical (unpaired) electrons. The Morgan fingerprint density at radius 3 is 2.30 bits per heavy atom. The Morgan fingerprint density at radius 1 is 1.07 bits per heavy atom. The fourth-order valence-electron chi connectivity index (χ4n) is 5.28. The lowest BCUT2D eigenvalue weighted by atomic mass is 9.91. The van der Waals surface area contributed by atoms with E-state index in [2.05, 4.69) is 10.6 Å². The van der Waals surface area contributed by atoms with Crippen LogP contribution in [0, 0.1) is 13.8 Å². The van der Waals surface area contributed by atoms with Crippen LogP contribution in [-0.2, 0) is 38.5 Å². The van der Waals surface area contributed by atoms with Gasteiger partial charge < -0.3 is 36.2 Å². The molecule has 0 saturated carbocycles. The zero-order valence-electron chi connectivity index (χ0n) is 25.6. The van der Waals surface area contributed by atoms with Gasteiger partial charge in [0.25, 0.3) is 0 Å². The number of fused-ring (bicyclic) bond motifs is 1. The standard InChI is InChI=1S/C32H44N4O7/c1-19-14-23(37)15-20(2)24(19)17-26(35-31(42)43-32(3,4)5)29(39)36-18-22-11-7-6-10-21(22)16-27(36)28(38)34-13-9-8-12-25(33)30(40)41/h6-7,10-11,14-15,25-27,37H,8-9,12-13,16-18,33H2,1-5H3,(H,34,38)(H,35,42)(H,40,41)/t25-,26-,27-/m0/s1. The van der Waals surface area contributed by atoms with E-state index in [-0.39, 0.29) is 24.6 Å². The summed E-state index contributed by atoms with van der Waals surface area (Å²) >= 11 is 0. The van der Waals surface area contributed by atoms with E-state index in [9.17, 15) is 24.3 Å². The number of aliphatic carboxylic acids is 1. The van der Waals surface area contributed by atoms with E-state index in [0.29, 0.717) is 32.2 Å². The number of carboxylic acid groups (broad SMARTS) is 1. The van der Waals surface area contributed by atoms with Crippen molar-refractivity contribution in [3.63, 3.8) is 0 Å². The third kappa shape index (κ3) is 9.44. The minimum absolute atomic E-state index is 0.107. The Kier molecular flexibility index (Phi) is 11.2. The van der Waals surface area contributed by atoms with E-state index in [4.69, 9.17) is 15.6 Å². The van der Waals surface area contributed by atoms with E-state index in [1.807, 2.05) is 38.1 Å². The number of carbonyl (C=O) groups is 4. The van der Waals surface area contributed by atoms with Gasteiger partial charge in [-0.05, 0) is 93.8 Å². The third-order valence-electron chi connectivity index (χ3n) is 7.47. The molecule has 3 atom stereocenters. The molecule has 1 heterocycles. The topological polar surface area (TPSA) is 171 Å². The first-order chi connectivity index (χ1) is 20.2. The molecule has 0 bridgehead atoms. The summed E-state index contributed by atoms with van der Waals surface area (Å²) in [5.74, 6) is -1.72. The van der Waals surface area contributed by atoms with Gasteiger partial charge in [-0.2, -0.15) is 0 Å². The lowest BCUT2D eigenvalue weighted by molar-refractivity contribution is -0.143. The molecule has 11 heteroatoms. The number of phenolic OH excluding ortho intramolecular Hbond substituents is 1. The van der Waals surface area contributed by atoms with Crippen molar-refractivity contribution in [1.29, 1.82) is 0 Å². The van der Waals surface area contributed by atoms with Crippen molar-refractivity contribution in [2.75, 3.05) is 6.54 Å². The predicted molar refractivity (Wildman–Crippen MR) is 161 cm³/mol. The number of aromatic hydroxyl groups is 1. The van der Waals surface area contributed by atoms with Crippen LogP contribution in [0.3, 0.4) is 0 Å². The first kappa shape index (κ1) is 33.4. The number of hydrogen-bond acceptors (Lipinski definition) is 7. The van der Waals surface area contributed by atoms with Crippen molar-refractivity contribution in [2.45, 2.75) is 97.0 Å². The lowest BCUT2D eigenvalue weighted by Crippen LogP contribution is -2.58. The molecule has 0 saturated heterocycles. The summed E-state index contributed by atoms with van der Waals surface area (Å²) < 4.78 is 5.48. The normalized spacial score (nSPS) is 16.0. The van der Waals surface area contributed by atoms with E-state index in [0.717, 1.165) is 27.8 Å². The first-order valence-corrected chi connectivity index (χ1v) is 14.6. The van der Waals surface area contributed by atoms with E-state index >= 15 is 0 Å². The van der Waals surface area contributed by atoms with Crippen LogP contribution in [0.15, 0.2) is 36.4 Å². The van der Waals surface area contributed by atoms with Gasteiger partial charge >= 0.3 is 12.1 Å². The number of ether oxygens (including phenoxy) is 1. The maximum Gasteiger partial charge on any atom is 0.408 e. The van der Waals surface area contributed by atoms with Crippen molar-refractivity contribution >= 4 is 23.9 Å². The van der Waals surface area contributed by atoms with Gasteiger partial charge in [-0.15, -0.1) is 0 Å². The number of rotatable bonds is 11. The Hall–Kier alpha value is -4.12. The average molecular weight is 597 g/mol. The summed E-state index contributed by atoms with van der Waals surface area (Å²) in [6, 6.07) is 8.01. The molecule has 0 unspecified atom stereocenters. The van der Waals surface area contributed by atoms with Crippen LogP contribution in [0.2, 0.25) is 0 Å². The molecule has 3 rings (SSSR count). The predicted octanol–water partition coefficient (Wildman–Crippen LogP) is 3.10. The quantitative estimate of drug-likeness (QED) is 0.246. The Balaban J connectivity index is 1.87. The van der Waals surface area contributed by atoms with Crippen LogP contribution in [0.4, 0.5) is 4.79 Å². The maximum absolute atomic E-state index is 14.3. The monoisotopic (exact) mass is 596 g/mol. The SMILES string of the molecule is Cc1cc(O)cc(C)c1C[C@H](NC(=O)OC(C)(C)C)C(=O)N1Cc2ccccc2C[C@H]1C(=O)NCCCC[C@H](N)C(=O)O. The highest BCUT2D eigenvalue weighted by atomic mass is 16.6. The summed E-state index contributed by atoms with van der Waals surface area (Å²) in [5.41, 5.74) is 8.98. The fourth-order valence-corrected chi connectivity index (χ4v) is 5.28. The van der Waals surface area contributed by atoms with Gasteiger partial charge in [-0.3, -0.25) is 14.4 Å². The number of unbranched alkanes of at least 4 members (excludes halogenated alkanes) is 1. The molecule has 3 amide bonds. The van der Waals surface area contributed by atoms with Crippen LogP contribution >= 0.6 is 0 Å². The number of amides is 3. The number of nitrogens with one attached hydrogen (secondary N) is 2. The number of nitrogens with zero attached hydrogens (tertiary/aromatic N) is 1. The Bertz CT molecular complexity index is 1310. The third-order valence-corrected chi connectivity index (χ3v) is 7.47. The zero-order chi connectivity index (χ0) is 31.9. The first-order valence-electron chi connectivity index (χ1n) is 14.6. The van der Waals surface area contributed by atoms with Gasteiger partial charge in [0.05, 0.1) is 0 Å². The molecule has 234 valence electrons. The van der Waals surface area contributed by atoms with Crippen molar-refractivity contribution in [3.8, 4) is 5.75 Å². The second-order valence-electron chi connectivity index (χ2n) is 12.1. The van der Waals surface area contributed by atoms with Gasteiger partial charge in [0.15, 0.2) is 0 Å². The van der Waals surface area contributed by atoms with Crippen LogP contribution in [0.1, 0.15) is 67.9 Å². The molecular weight excluding hydrogens is 552 g/mol. The summed E-state index contributed by atoms with van der Waals surface area (Å²) in [4.78, 5) is 53.2. The van der Waals surface area contributed by atoms with Crippen molar-refractivity contribution in [2.24, 2.45) is 5.73 Å². The highest BCUT2D eigenvalue weighted by molar-refractivity contribution is 5.92. The largest absolute Gasteiger partial charge is 0.508 e. The molecule has 0 aromatic heterocycles. The van der Waals surface area contributed by atoms with Crippen LogP contribution in [0.25, 0.3) is 0 Å². The summed E-state index contributed by atoms with van der Waals surface area (Å²) in [5, 5.41) is 24.7.